The first-order valence-corrected chi connectivity index (χ1v) is 5.74. The van der Waals surface area contributed by atoms with Crippen molar-refractivity contribution in [1.29, 1.82) is 0 Å². The summed E-state index contributed by atoms with van der Waals surface area (Å²) in [6.45, 7) is 0.808. The lowest BCUT2D eigenvalue weighted by Crippen LogP contribution is -2.15. The third kappa shape index (κ3) is 2.88. The normalized spacial score (nSPS) is 17.6. The Morgan fingerprint density at radius 1 is 1.33 bits per heavy atom. The van der Waals surface area contributed by atoms with Crippen molar-refractivity contribution in [1.82, 2.24) is 0 Å². The van der Waals surface area contributed by atoms with Gasteiger partial charge in [0.25, 0.3) is 0 Å². The molecule has 1 radical (unpaired) electrons. The van der Waals surface area contributed by atoms with Crippen LogP contribution in [0.4, 0.5) is 5.69 Å². The molecule has 1 aliphatic carbocycles. The number of ether oxygens (including phenoxy) is 1. The zero-order valence-electron chi connectivity index (χ0n) is 9.04. The molecule has 0 saturated heterocycles. The average molecular weight is 204 g/mol. The van der Waals surface area contributed by atoms with E-state index in [4.69, 9.17) is 10.5 Å². The molecule has 2 heteroatoms. The molecule has 0 heterocycles. The first-order valence-electron chi connectivity index (χ1n) is 5.74. The fourth-order valence-electron chi connectivity index (χ4n) is 2.11. The van der Waals surface area contributed by atoms with Crippen LogP contribution in [0, 0.1) is 12.0 Å². The second-order valence-corrected chi connectivity index (χ2v) is 4.28. The van der Waals surface area contributed by atoms with Crippen molar-refractivity contribution in [3.05, 3.63) is 24.3 Å². The minimum absolute atomic E-state index is 0.713. The lowest BCUT2D eigenvalue weighted by molar-refractivity contribution is 0.209. The van der Waals surface area contributed by atoms with Gasteiger partial charge in [0.15, 0.2) is 0 Å². The van der Waals surface area contributed by atoms with Crippen molar-refractivity contribution >= 4 is 5.69 Å². The minimum Gasteiger partial charge on any atom is -0.491 e. The van der Waals surface area contributed by atoms with E-state index in [9.17, 15) is 0 Å². The molecule has 0 atom stereocenters. The minimum atomic E-state index is 0.713. The Hall–Kier alpha value is -1.18. The van der Waals surface area contributed by atoms with E-state index in [2.05, 4.69) is 6.07 Å². The molecule has 2 rings (SSSR count). The number of benzene rings is 1. The Morgan fingerprint density at radius 2 is 2.13 bits per heavy atom. The van der Waals surface area contributed by atoms with Crippen molar-refractivity contribution in [2.75, 3.05) is 12.3 Å². The summed E-state index contributed by atoms with van der Waals surface area (Å²) in [6, 6.07) is 8.44. The standard InChI is InChI=1S/C13H18NO/c14-12-8-4-5-9-13(12)15-10-11-6-2-1-3-7-11/h4,8-9,11H,1-3,6-7,10,14H2. The molecule has 1 fully saturated rings. The number of hydrogen-bond donors (Lipinski definition) is 1. The van der Waals surface area contributed by atoms with Gasteiger partial charge in [0, 0.05) is 0 Å². The number of rotatable bonds is 3. The van der Waals surface area contributed by atoms with Gasteiger partial charge < -0.3 is 10.5 Å². The summed E-state index contributed by atoms with van der Waals surface area (Å²) < 4.78 is 5.72. The van der Waals surface area contributed by atoms with Gasteiger partial charge in [-0.25, -0.2) is 0 Å². The predicted octanol–water partition coefficient (Wildman–Crippen LogP) is 3.03. The highest BCUT2D eigenvalue weighted by Crippen LogP contribution is 2.26. The van der Waals surface area contributed by atoms with Crippen LogP contribution in [-0.4, -0.2) is 6.61 Å². The highest BCUT2D eigenvalue weighted by atomic mass is 16.5. The Balaban J connectivity index is 1.84. The van der Waals surface area contributed by atoms with Gasteiger partial charge in [-0.2, -0.15) is 0 Å². The molecule has 0 aromatic heterocycles. The largest absolute Gasteiger partial charge is 0.491 e. The molecule has 0 unspecified atom stereocenters. The van der Waals surface area contributed by atoms with Crippen LogP contribution in [-0.2, 0) is 0 Å². The van der Waals surface area contributed by atoms with Crippen molar-refractivity contribution < 1.29 is 4.74 Å². The first kappa shape index (κ1) is 10.3. The zero-order valence-corrected chi connectivity index (χ0v) is 9.04. The van der Waals surface area contributed by atoms with Gasteiger partial charge in [0.2, 0.25) is 0 Å². The number of nitrogen functional groups attached to an aromatic ring is 1. The van der Waals surface area contributed by atoms with Crippen LogP contribution in [0.3, 0.4) is 0 Å². The Morgan fingerprint density at radius 3 is 2.87 bits per heavy atom. The summed E-state index contributed by atoms with van der Waals surface area (Å²) in [6.07, 6.45) is 6.69. The second kappa shape index (κ2) is 5.06. The SMILES string of the molecule is Nc1cc[c]cc1OCC1CCCCC1. The van der Waals surface area contributed by atoms with Crippen LogP contribution < -0.4 is 10.5 Å². The summed E-state index contributed by atoms with van der Waals surface area (Å²) >= 11 is 0. The average Bonchev–Trinajstić information content (AvgIpc) is 2.29. The van der Waals surface area contributed by atoms with Gasteiger partial charge >= 0.3 is 0 Å². The summed E-state index contributed by atoms with van der Waals surface area (Å²) in [5.41, 5.74) is 6.50. The van der Waals surface area contributed by atoms with Crippen molar-refractivity contribution in [2.24, 2.45) is 5.92 Å². The molecule has 2 nitrogen and oxygen atoms in total. The van der Waals surface area contributed by atoms with E-state index in [-0.39, 0.29) is 0 Å². The van der Waals surface area contributed by atoms with E-state index in [1.54, 1.807) is 0 Å². The summed E-state index contributed by atoms with van der Waals surface area (Å²) in [7, 11) is 0. The van der Waals surface area contributed by atoms with Gasteiger partial charge in [-0.3, -0.25) is 0 Å². The Bertz CT molecular complexity index is 305. The second-order valence-electron chi connectivity index (χ2n) is 4.28. The molecule has 1 aliphatic rings. The smallest absolute Gasteiger partial charge is 0.142 e. The fourth-order valence-corrected chi connectivity index (χ4v) is 2.11. The summed E-state index contributed by atoms with van der Waals surface area (Å²) in [4.78, 5) is 0. The summed E-state index contributed by atoms with van der Waals surface area (Å²) in [5, 5.41) is 0. The van der Waals surface area contributed by atoms with Crippen LogP contribution in [0.1, 0.15) is 32.1 Å². The van der Waals surface area contributed by atoms with Gasteiger partial charge in [-0.1, -0.05) is 25.3 Å². The Labute approximate surface area is 91.4 Å². The van der Waals surface area contributed by atoms with Crippen LogP contribution in [0.2, 0.25) is 0 Å². The molecular formula is C13H18NO. The van der Waals surface area contributed by atoms with E-state index in [0.717, 1.165) is 18.3 Å². The monoisotopic (exact) mass is 204 g/mol. The van der Waals surface area contributed by atoms with E-state index in [1.807, 2.05) is 18.2 Å². The molecule has 81 valence electrons. The molecule has 0 amide bonds. The zero-order chi connectivity index (χ0) is 10.5. The summed E-state index contributed by atoms with van der Waals surface area (Å²) in [5.74, 6) is 1.50. The quantitative estimate of drug-likeness (QED) is 0.768. The van der Waals surface area contributed by atoms with Gasteiger partial charge in [-0.05, 0) is 37.0 Å². The van der Waals surface area contributed by atoms with E-state index >= 15 is 0 Å². The van der Waals surface area contributed by atoms with E-state index in [1.165, 1.54) is 32.1 Å². The molecule has 2 N–H and O–H groups in total. The molecule has 1 aromatic rings. The lowest BCUT2D eigenvalue weighted by Gasteiger charge is -2.21. The molecule has 0 aliphatic heterocycles. The molecule has 1 saturated carbocycles. The van der Waals surface area contributed by atoms with Crippen LogP contribution in [0.5, 0.6) is 5.75 Å². The van der Waals surface area contributed by atoms with Crippen molar-refractivity contribution in [3.8, 4) is 5.75 Å². The third-order valence-corrected chi connectivity index (χ3v) is 3.06. The molecule has 0 spiro atoms. The molecule has 1 aromatic carbocycles. The van der Waals surface area contributed by atoms with Gasteiger partial charge in [0.1, 0.15) is 5.75 Å². The highest BCUT2D eigenvalue weighted by Gasteiger charge is 2.14. The van der Waals surface area contributed by atoms with Gasteiger partial charge in [-0.15, -0.1) is 0 Å². The predicted molar refractivity (Wildman–Crippen MR) is 61.8 cm³/mol. The molecule has 15 heavy (non-hydrogen) atoms. The van der Waals surface area contributed by atoms with Gasteiger partial charge in [0.05, 0.1) is 12.3 Å². The van der Waals surface area contributed by atoms with Crippen LogP contribution in [0.15, 0.2) is 18.2 Å². The molecular weight excluding hydrogens is 186 g/mol. The Kier molecular flexibility index (Phi) is 3.49. The first-order chi connectivity index (χ1) is 7.36. The highest BCUT2D eigenvalue weighted by molar-refractivity contribution is 5.51. The van der Waals surface area contributed by atoms with Crippen LogP contribution >= 0.6 is 0 Å². The lowest BCUT2D eigenvalue weighted by atomic mass is 9.90. The van der Waals surface area contributed by atoms with E-state index in [0.29, 0.717) is 5.69 Å². The third-order valence-electron chi connectivity index (χ3n) is 3.06. The number of nitrogens with two attached hydrogens (primary N) is 1. The maximum atomic E-state index is 5.79. The topological polar surface area (TPSA) is 35.2 Å². The fraction of sp³-hybridized carbons (Fsp3) is 0.538. The number of hydrogen-bond acceptors (Lipinski definition) is 2. The maximum Gasteiger partial charge on any atom is 0.142 e. The van der Waals surface area contributed by atoms with Crippen LogP contribution in [0.25, 0.3) is 0 Å². The van der Waals surface area contributed by atoms with E-state index < -0.39 is 0 Å². The number of anilines is 1. The molecule has 0 bridgehead atoms. The maximum absolute atomic E-state index is 5.79. The van der Waals surface area contributed by atoms with Crippen molar-refractivity contribution in [2.45, 2.75) is 32.1 Å². The van der Waals surface area contributed by atoms with Crippen molar-refractivity contribution in [3.63, 3.8) is 0 Å².